The van der Waals surface area contributed by atoms with Gasteiger partial charge in [0.05, 0.1) is 10.5 Å². The molecule has 0 aliphatic carbocycles. The molecule has 0 saturated carbocycles. The van der Waals surface area contributed by atoms with Gasteiger partial charge in [0.25, 0.3) is 11.6 Å². The van der Waals surface area contributed by atoms with Crippen LogP contribution < -0.4 is 10.6 Å². The number of non-ortho nitro benzene ring substituents is 1. The molecule has 0 aliphatic heterocycles. The first kappa shape index (κ1) is 22.7. The van der Waals surface area contributed by atoms with Crippen molar-refractivity contribution in [3.05, 3.63) is 94.7 Å². The molecule has 0 radical (unpaired) electrons. The highest BCUT2D eigenvalue weighted by molar-refractivity contribution is 7.80. The van der Waals surface area contributed by atoms with Crippen molar-refractivity contribution in [2.24, 2.45) is 0 Å². The van der Waals surface area contributed by atoms with Crippen LogP contribution in [0.1, 0.15) is 10.6 Å². The van der Waals surface area contributed by atoms with Crippen LogP contribution in [0.5, 0.6) is 5.75 Å². The van der Waals surface area contributed by atoms with Gasteiger partial charge in [0.15, 0.2) is 16.5 Å². The van der Waals surface area contributed by atoms with Crippen LogP contribution in [-0.2, 0) is 0 Å². The minimum absolute atomic E-state index is 0.0116. The van der Waals surface area contributed by atoms with Gasteiger partial charge in [-0.25, -0.2) is 4.98 Å². The molecule has 5 rings (SSSR count). The Labute approximate surface area is 208 Å². The maximum Gasteiger partial charge on any atom is 0.293 e. The van der Waals surface area contributed by atoms with Crippen molar-refractivity contribution in [3.8, 4) is 28.5 Å². The van der Waals surface area contributed by atoms with Gasteiger partial charge in [-0.15, -0.1) is 0 Å². The summed E-state index contributed by atoms with van der Waals surface area (Å²) in [4.78, 5) is 27.5. The number of benzene rings is 3. The Hall–Kier alpha value is -5.03. The molecule has 3 aromatic carbocycles. The highest BCUT2D eigenvalue weighted by atomic mass is 32.1. The van der Waals surface area contributed by atoms with E-state index in [0.717, 1.165) is 0 Å². The number of carbonyl (C=O) groups is 1. The summed E-state index contributed by atoms with van der Waals surface area (Å²) in [6, 6.07) is 20.7. The number of para-hydroxylation sites is 2. The normalized spacial score (nSPS) is 10.8. The number of amides is 1. The number of hydrogen-bond acceptors (Lipinski definition) is 8. The molecule has 178 valence electrons. The summed E-state index contributed by atoms with van der Waals surface area (Å²) in [5.41, 5.74) is 2.42. The number of aromatic nitrogens is 1. The Balaban J connectivity index is 1.29. The lowest BCUT2D eigenvalue weighted by atomic mass is 10.1. The number of anilines is 1. The number of nitro benzene ring substituents is 1. The van der Waals surface area contributed by atoms with Crippen LogP contribution in [0.15, 0.2) is 87.7 Å². The number of furan rings is 1. The molecule has 5 aromatic rings. The highest BCUT2D eigenvalue weighted by Gasteiger charge is 2.17. The third kappa shape index (κ3) is 4.63. The van der Waals surface area contributed by atoms with Gasteiger partial charge in [0.1, 0.15) is 17.0 Å². The number of phenolic OH excluding ortho intramolecular Hbond substituents is 1. The van der Waals surface area contributed by atoms with Crippen LogP contribution in [0.2, 0.25) is 0 Å². The fourth-order valence-corrected chi connectivity index (χ4v) is 3.70. The van der Waals surface area contributed by atoms with Gasteiger partial charge < -0.3 is 19.3 Å². The van der Waals surface area contributed by atoms with Crippen LogP contribution >= 0.6 is 12.2 Å². The lowest BCUT2D eigenvalue weighted by Crippen LogP contribution is -2.33. The van der Waals surface area contributed by atoms with E-state index in [1.807, 2.05) is 12.1 Å². The van der Waals surface area contributed by atoms with E-state index < -0.39 is 10.8 Å². The number of nitrogens with one attached hydrogen (secondary N) is 2. The molecule has 1 amide bonds. The summed E-state index contributed by atoms with van der Waals surface area (Å²) in [6.45, 7) is 0. The number of phenols is 1. The van der Waals surface area contributed by atoms with Gasteiger partial charge in [0, 0.05) is 23.4 Å². The van der Waals surface area contributed by atoms with E-state index in [4.69, 9.17) is 21.1 Å². The number of thiocarbonyl (C=S) groups is 1. The topological polar surface area (TPSA) is 144 Å². The van der Waals surface area contributed by atoms with Gasteiger partial charge in [-0.05, 0) is 54.7 Å². The molecule has 0 saturated heterocycles. The predicted octanol–water partition coefficient (Wildman–Crippen LogP) is 5.50. The number of fused-ring (bicyclic) bond motifs is 1. The third-order valence-electron chi connectivity index (χ3n) is 5.18. The Bertz CT molecular complexity index is 1610. The van der Waals surface area contributed by atoms with Crippen molar-refractivity contribution in [1.82, 2.24) is 10.3 Å². The summed E-state index contributed by atoms with van der Waals surface area (Å²) >= 11 is 5.24. The van der Waals surface area contributed by atoms with Gasteiger partial charge in [0.2, 0.25) is 5.89 Å². The number of aromatic hydroxyl groups is 1. The molecule has 0 atom stereocenters. The molecule has 2 aromatic heterocycles. The van der Waals surface area contributed by atoms with E-state index in [9.17, 15) is 20.0 Å². The fraction of sp³-hybridized carbons (Fsp3) is 0. The quantitative estimate of drug-likeness (QED) is 0.123. The number of hydrogen-bond donors (Lipinski definition) is 3. The summed E-state index contributed by atoms with van der Waals surface area (Å²) in [7, 11) is 0. The van der Waals surface area contributed by atoms with E-state index in [1.165, 1.54) is 36.4 Å². The Morgan fingerprint density at radius 3 is 2.64 bits per heavy atom. The average Bonchev–Trinajstić information content (AvgIpc) is 3.53. The molecule has 11 heteroatoms. The first-order valence-electron chi connectivity index (χ1n) is 10.5. The van der Waals surface area contributed by atoms with E-state index in [1.54, 1.807) is 30.3 Å². The number of oxazole rings is 1. The number of carbonyl (C=O) groups excluding carboxylic acids is 1. The maximum absolute atomic E-state index is 12.6. The van der Waals surface area contributed by atoms with Crippen LogP contribution in [0.3, 0.4) is 0 Å². The first-order valence-corrected chi connectivity index (χ1v) is 10.9. The van der Waals surface area contributed by atoms with Crippen molar-refractivity contribution in [1.29, 1.82) is 0 Å². The minimum Gasteiger partial charge on any atom is -0.507 e. The van der Waals surface area contributed by atoms with Crippen molar-refractivity contribution in [3.63, 3.8) is 0 Å². The molecule has 0 bridgehead atoms. The molecular formula is C25H16N4O6S. The molecule has 36 heavy (non-hydrogen) atoms. The summed E-state index contributed by atoms with van der Waals surface area (Å²) in [6.07, 6.45) is 0. The lowest BCUT2D eigenvalue weighted by Gasteiger charge is -2.10. The Kier molecular flexibility index (Phi) is 5.88. The second-order valence-corrected chi connectivity index (χ2v) is 8.01. The SMILES string of the molecule is O=C(NC(=S)Nc1ccc(O)c(-c2nc3ccccc3o2)c1)c1ccc(-c2cccc([N+](=O)[O-])c2)o1. The van der Waals surface area contributed by atoms with E-state index in [0.29, 0.717) is 33.7 Å². The predicted molar refractivity (Wildman–Crippen MR) is 136 cm³/mol. The van der Waals surface area contributed by atoms with Crippen LogP contribution in [0.25, 0.3) is 33.9 Å². The van der Waals surface area contributed by atoms with E-state index >= 15 is 0 Å². The van der Waals surface area contributed by atoms with Gasteiger partial charge in [-0.2, -0.15) is 0 Å². The highest BCUT2D eigenvalue weighted by Crippen LogP contribution is 2.33. The zero-order valence-corrected chi connectivity index (χ0v) is 19.1. The number of rotatable bonds is 5. The second-order valence-electron chi connectivity index (χ2n) is 7.60. The molecule has 2 heterocycles. The summed E-state index contributed by atoms with van der Waals surface area (Å²) < 4.78 is 11.3. The zero-order valence-electron chi connectivity index (χ0n) is 18.3. The van der Waals surface area contributed by atoms with E-state index in [2.05, 4.69) is 15.6 Å². The average molecular weight is 500 g/mol. The Morgan fingerprint density at radius 1 is 1.00 bits per heavy atom. The molecule has 0 spiro atoms. The van der Waals surface area contributed by atoms with Crippen LogP contribution in [0.4, 0.5) is 11.4 Å². The van der Waals surface area contributed by atoms with Crippen molar-refractivity contribution < 1.29 is 23.7 Å². The lowest BCUT2D eigenvalue weighted by molar-refractivity contribution is -0.384. The fourth-order valence-electron chi connectivity index (χ4n) is 3.49. The minimum atomic E-state index is -0.609. The number of nitro groups is 1. The smallest absolute Gasteiger partial charge is 0.293 e. The molecular weight excluding hydrogens is 484 g/mol. The molecule has 0 aliphatic rings. The molecule has 0 fully saturated rings. The third-order valence-corrected chi connectivity index (χ3v) is 5.38. The first-order chi connectivity index (χ1) is 17.4. The van der Waals surface area contributed by atoms with Crippen molar-refractivity contribution in [2.45, 2.75) is 0 Å². The van der Waals surface area contributed by atoms with Gasteiger partial charge in [-0.1, -0.05) is 24.3 Å². The molecule has 10 nitrogen and oxygen atoms in total. The molecule has 3 N–H and O–H groups in total. The summed E-state index contributed by atoms with van der Waals surface area (Å²) in [5.74, 6) is -0.146. The Morgan fingerprint density at radius 2 is 1.83 bits per heavy atom. The van der Waals surface area contributed by atoms with Gasteiger partial charge in [-0.3, -0.25) is 20.2 Å². The molecule has 0 unspecified atom stereocenters. The summed E-state index contributed by atoms with van der Waals surface area (Å²) in [5, 5.41) is 26.7. The van der Waals surface area contributed by atoms with Gasteiger partial charge >= 0.3 is 0 Å². The van der Waals surface area contributed by atoms with Crippen molar-refractivity contribution >= 4 is 45.7 Å². The van der Waals surface area contributed by atoms with Crippen LogP contribution in [0, 0.1) is 10.1 Å². The number of nitrogens with zero attached hydrogens (tertiary/aromatic N) is 2. The standard InChI is InChI=1S/C25H16N4O6S/c30-19-9-8-15(13-17(19)24-27-18-6-1-2-7-21(18)35-24)26-25(36)28-23(31)22-11-10-20(34-22)14-4-3-5-16(12-14)29(32)33/h1-13,30H,(H2,26,28,31,36). The maximum atomic E-state index is 12.6. The van der Waals surface area contributed by atoms with Crippen molar-refractivity contribution in [2.75, 3.05) is 5.32 Å². The second kappa shape index (κ2) is 9.31. The monoisotopic (exact) mass is 500 g/mol. The van der Waals surface area contributed by atoms with E-state index in [-0.39, 0.29) is 28.2 Å². The van der Waals surface area contributed by atoms with Crippen LogP contribution in [-0.4, -0.2) is 26.0 Å². The zero-order chi connectivity index (χ0) is 25.2. The largest absolute Gasteiger partial charge is 0.507 e.